The molecule has 6 nitrogen and oxygen atoms in total. The van der Waals surface area contributed by atoms with Crippen LogP contribution in [-0.2, 0) is 9.59 Å². The van der Waals surface area contributed by atoms with Crippen molar-refractivity contribution in [1.29, 1.82) is 5.26 Å². The summed E-state index contributed by atoms with van der Waals surface area (Å²) in [5.41, 5.74) is 0.970. The molecule has 0 bridgehead atoms. The summed E-state index contributed by atoms with van der Waals surface area (Å²) in [5, 5.41) is 13.8. The van der Waals surface area contributed by atoms with Gasteiger partial charge in [-0.25, -0.2) is 4.98 Å². The number of amides is 2. The Bertz CT molecular complexity index is 489. The number of nitrogens with one attached hydrogen (secondary N) is 2. The zero-order valence-electron chi connectivity index (χ0n) is 8.93. The lowest BCUT2D eigenvalue weighted by Gasteiger charge is -2.22. The van der Waals surface area contributed by atoms with Gasteiger partial charge < -0.3 is 5.32 Å². The molecular formula is C11H10N4O2. The second-order valence-corrected chi connectivity index (χ2v) is 3.69. The van der Waals surface area contributed by atoms with E-state index in [1.807, 2.05) is 6.07 Å². The number of rotatable bonds is 2. The van der Waals surface area contributed by atoms with Gasteiger partial charge >= 0.3 is 0 Å². The van der Waals surface area contributed by atoms with Crippen LogP contribution in [0.4, 0.5) is 5.69 Å². The smallest absolute Gasteiger partial charge is 0.249 e. The summed E-state index contributed by atoms with van der Waals surface area (Å²) in [4.78, 5) is 26.3. The van der Waals surface area contributed by atoms with Gasteiger partial charge in [-0.3, -0.25) is 14.9 Å². The summed E-state index contributed by atoms with van der Waals surface area (Å²) in [6.45, 7) is 0. The molecule has 2 heterocycles. The van der Waals surface area contributed by atoms with Gasteiger partial charge in [0.25, 0.3) is 0 Å². The van der Waals surface area contributed by atoms with Gasteiger partial charge in [-0.15, -0.1) is 0 Å². The predicted molar refractivity (Wildman–Crippen MR) is 58.7 cm³/mol. The molecule has 1 saturated heterocycles. The highest BCUT2D eigenvalue weighted by atomic mass is 16.2. The molecule has 1 aromatic rings. The molecule has 0 aliphatic carbocycles. The highest BCUT2D eigenvalue weighted by Gasteiger charge is 2.26. The molecule has 1 aliphatic heterocycles. The maximum atomic E-state index is 11.5. The molecule has 2 rings (SSSR count). The lowest BCUT2D eigenvalue weighted by Crippen LogP contribution is -2.47. The van der Waals surface area contributed by atoms with Crippen molar-refractivity contribution in [3.8, 4) is 6.07 Å². The number of hydrogen-bond acceptors (Lipinski definition) is 5. The van der Waals surface area contributed by atoms with Gasteiger partial charge in [-0.05, 0) is 18.6 Å². The number of imide groups is 1. The lowest BCUT2D eigenvalue weighted by atomic mass is 10.1. The third-order valence-electron chi connectivity index (χ3n) is 2.46. The molecule has 1 aromatic heterocycles. The van der Waals surface area contributed by atoms with Crippen LogP contribution in [0.5, 0.6) is 0 Å². The third kappa shape index (κ3) is 2.58. The Morgan fingerprint density at radius 2 is 2.29 bits per heavy atom. The molecule has 1 unspecified atom stereocenters. The molecule has 2 amide bonds. The maximum Gasteiger partial charge on any atom is 0.249 e. The summed E-state index contributed by atoms with van der Waals surface area (Å²) in [6.07, 6.45) is 2.28. The van der Waals surface area contributed by atoms with Crippen LogP contribution in [0.15, 0.2) is 18.3 Å². The summed E-state index contributed by atoms with van der Waals surface area (Å²) < 4.78 is 0. The summed E-state index contributed by atoms with van der Waals surface area (Å²) in [7, 11) is 0. The van der Waals surface area contributed by atoms with E-state index in [0.717, 1.165) is 0 Å². The van der Waals surface area contributed by atoms with Crippen LogP contribution in [0.25, 0.3) is 0 Å². The van der Waals surface area contributed by atoms with Crippen molar-refractivity contribution in [3.63, 3.8) is 0 Å². The number of pyridine rings is 1. The second-order valence-electron chi connectivity index (χ2n) is 3.69. The van der Waals surface area contributed by atoms with Crippen LogP contribution in [-0.4, -0.2) is 22.8 Å². The van der Waals surface area contributed by atoms with Crippen molar-refractivity contribution >= 4 is 17.5 Å². The van der Waals surface area contributed by atoms with Gasteiger partial charge in [0.2, 0.25) is 11.8 Å². The molecule has 17 heavy (non-hydrogen) atoms. The standard InChI is InChI=1S/C11H10N4O2/c12-5-7-1-2-8(6-13-7)14-9-3-4-10(16)15-11(9)17/h1-2,6,9,14H,3-4H2,(H,15,16,17). The van der Waals surface area contributed by atoms with Gasteiger partial charge in [0.15, 0.2) is 0 Å². The minimum absolute atomic E-state index is 0.244. The first-order chi connectivity index (χ1) is 8.19. The van der Waals surface area contributed by atoms with E-state index in [-0.39, 0.29) is 11.8 Å². The molecule has 6 heteroatoms. The molecule has 0 spiro atoms. The topological polar surface area (TPSA) is 94.9 Å². The molecule has 2 N–H and O–H groups in total. The molecular weight excluding hydrogens is 220 g/mol. The fraction of sp³-hybridized carbons (Fsp3) is 0.273. The molecule has 1 atom stereocenters. The Hall–Kier alpha value is -2.42. The molecule has 0 aromatic carbocycles. The van der Waals surface area contributed by atoms with Crippen molar-refractivity contribution in [1.82, 2.24) is 10.3 Å². The highest BCUT2D eigenvalue weighted by molar-refractivity contribution is 6.01. The monoisotopic (exact) mass is 230 g/mol. The quantitative estimate of drug-likeness (QED) is 0.706. The third-order valence-corrected chi connectivity index (χ3v) is 2.46. The number of aromatic nitrogens is 1. The zero-order valence-corrected chi connectivity index (χ0v) is 8.93. The van der Waals surface area contributed by atoms with Crippen LogP contribution in [0.2, 0.25) is 0 Å². The van der Waals surface area contributed by atoms with E-state index >= 15 is 0 Å². The van der Waals surface area contributed by atoms with Gasteiger partial charge in [0, 0.05) is 6.42 Å². The predicted octanol–water partition coefficient (Wildman–Crippen LogP) is 0.170. The van der Waals surface area contributed by atoms with Crippen LogP contribution >= 0.6 is 0 Å². The number of nitriles is 1. The lowest BCUT2D eigenvalue weighted by molar-refractivity contribution is -0.133. The van der Waals surface area contributed by atoms with Crippen molar-refractivity contribution in [2.45, 2.75) is 18.9 Å². The fourth-order valence-corrected chi connectivity index (χ4v) is 1.58. The molecule has 0 radical (unpaired) electrons. The Morgan fingerprint density at radius 3 is 2.88 bits per heavy atom. The largest absolute Gasteiger partial charge is 0.372 e. The summed E-state index contributed by atoms with van der Waals surface area (Å²) in [5.74, 6) is -0.573. The Morgan fingerprint density at radius 1 is 1.47 bits per heavy atom. The Kier molecular flexibility index (Phi) is 3.01. The SMILES string of the molecule is N#Cc1ccc(NC2CCC(=O)NC2=O)cn1. The molecule has 0 saturated carbocycles. The summed E-state index contributed by atoms with van der Waals surface area (Å²) >= 11 is 0. The number of piperidine rings is 1. The van der Waals surface area contributed by atoms with Gasteiger partial charge in [0.1, 0.15) is 17.8 Å². The maximum absolute atomic E-state index is 11.5. The summed E-state index contributed by atoms with van der Waals surface area (Å²) in [6, 6.07) is 4.72. The van der Waals surface area contributed by atoms with Gasteiger partial charge in [-0.1, -0.05) is 0 Å². The van der Waals surface area contributed by atoms with Crippen LogP contribution < -0.4 is 10.6 Å². The van der Waals surface area contributed by atoms with E-state index in [4.69, 9.17) is 5.26 Å². The van der Waals surface area contributed by atoms with Crippen molar-refractivity contribution in [2.75, 3.05) is 5.32 Å². The van der Waals surface area contributed by atoms with Crippen molar-refractivity contribution < 1.29 is 9.59 Å². The Balaban J connectivity index is 2.03. The van der Waals surface area contributed by atoms with E-state index in [2.05, 4.69) is 15.6 Å². The zero-order chi connectivity index (χ0) is 12.3. The Labute approximate surface area is 97.7 Å². The minimum atomic E-state index is -0.428. The number of anilines is 1. The first-order valence-electron chi connectivity index (χ1n) is 5.15. The van der Waals surface area contributed by atoms with Crippen LogP contribution in [0.3, 0.4) is 0 Å². The number of hydrogen-bond donors (Lipinski definition) is 2. The number of carbonyl (C=O) groups is 2. The van der Waals surface area contributed by atoms with E-state index < -0.39 is 6.04 Å². The first-order valence-corrected chi connectivity index (χ1v) is 5.15. The van der Waals surface area contributed by atoms with Crippen molar-refractivity contribution in [3.05, 3.63) is 24.0 Å². The van der Waals surface area contributed by atoms with Crippen molar-refractivity contribution in [2.24, 2.45) is 0 Å². The number of carbonyl (C=O) groups excluding carboxylic acids is 2. The number of nitrogens with zero attached hydrogens (tertiary/aromatic N) is 2. The van der Waals surface area contributed by atoms with Crippen LogP contribution in [0.1, 0.15) is 18.5 Å². The van der Waals surface area contributed by atoms with E-state index in [1.165, 1.54) is 6.20 Å². The first kappa shape index (κ1) is 11.1. The van der Waals surface area contributed by atoms with Gasteiger partial charge in [-0.2, -0.15) is 5.26 Å². The van der Waals surface area contributed by atoms with Gasteiger partial charge in [0.05, 0.1) is 11.9 Å². The van der Waals surface area contributed by atoms with E-state index in [1.54, 1.807) is 12.1 Å². The highest BCUT2D eigenvalue weighted by Crippen LogP contribution is 2.12. The second kappa shape index (κ2) is 4.61. The fourth-order valence-electron chi connectivity index (χ4n) is 1.58. The normalized spacial score (nSPS) is 19.4. The molecule has 1 fully saturated rings. The van der Waals surface area contributed by atoms with Crippen LogP contribution in [0, 0.1) is 11.3 Å². The van der Waals surface area contributed by atoms with E-state index in [0.29, 0.717) is 24.2 Å². The average molecular weight is 230 g/mol. The average Bonchev–Trinajstić information content (AvgIpc) is 2.34. The molecule has 86 valence electrons. The minimum Gasteiger partial charge on any atom is -0.372 e. The molecule has 1 aliphatic rings. The van der Waals surface area contributed by atoms with E-state index in [9.17, 15) is 9.59 Å².